The van der Waals surface area contributed by atoms with E-state index in [1.807, 2.05) is 0 Å². The van der Waals surface area contributed by atoms with Crippen molar-refractivity contribution in [2.75, 3.05) is 0 Å². The molecule has 1 fully saturated rings. The molecule has 0 saturated heterocycles. The quantitative estimate of drug-likeness (QED) is 0.798. The van der Waals surface area contributed by atoms with Gasteiger partial charge in [-0.1, -0.05) is 35.7 Å². The van der Waals surface area contributed by atoms with Crippen LogP contribution in [-0.4, -0.2) is 22.8 Å². The molecule has 0 spiro atoms. The Balaban J connectivity index is 1.63. The van der Waals surface area contributed by atoms with Crippen LogP contribution in [0.25, 0.3) is 0 Å². The number of benzene rings is 2. The molecule has 0 radical (unpaired) electrons. The van der Waals surface area contributed by atoms with Crippen molar-refractivity contribution in [2.45, 2.75) is 24.7 Å². The third-order valence-electron chi connectivity index (χ3n) is 5.07. The number of rotatable bonds is 3. The van der Waals surface area contributed by atoms with Gasteiger partial charge in [0.25, 0.3) is 11.8 Å². The molecule has 0 aromatic heterocycles. The van der Waals surface area contributed by atoms with Crippen LogP contribution in [0.1, 0.15) is 51.1 Å². The summed E-state index contributed by atoms with van der Waals surface area (Å²) in [7, 11) is 0. The minimum atomic E-state index is -0.928. The number of amides is 2. The van der Waals surface area contributed by atoms with E-state index in [0.29, 0.717) is 29.0 Å². The van der Waals surface area contributed by atoms with Crippen LogP contribution in [0.5, 0.6) is 0 Å². The Morgan fingerprint density at radius 1 is 1.04 bits per heavy atom. The van der Waals surface area contributed by atoms with Gasteiger partial charge in [0.1, 0.15) is 0 Å². The molecule has 0 unspecified atom stereocenters. The van der Waals surface area contributed by atoms with Gasteiger partial charge in [-0.3, -0.25) is 9.59 Å². The van der Waals surface area contributed by atoms with Gasteiger partial charge < -0.3 is 4.84 Å². The number of hydrogen-bond acceptors (Lipinski definition) is 5. The molecule has 1 saturated carbocycles. The number of nitrogens with zero attached hydrogens (tertiary/aromatic N) is 2. The molecule has 2 aromatic carbocycles. The second kappa shape index (κ2) is 5.81. The molecule has 4 rings (SSSR count). The van der Waals surface area contributed by atoms with Crippen molar-refractivity contribution in [1.29, 1.82) is 5.26 Å². The molecule has 6 nitrogen and oxygen atoms in total. The zero-order valence-electron chi connectivity index (χ0n) is 13.8. The molecule has 1 aliphatic heterocycles. The molecule has 0 bridgehead atoms. The number of carbonyl (C=O) groups excluding carboxylic acids is 3. The minimum absolute atomic E-state index is 0.222. The van der Waals surface area contributed by atoms with Crippen LogP contribution in [0.2, 0.25) is 0 Å². The lowest BCUT2D eigenvalue weighted by Crippen LogP contribution is -2.47. The van der Waals surface area contributed by atoms with E-state index in [2.05, 4.69) is 6.07 Å². The fourth-order valence-electron chi connectivity index (χ4n) is 3.45. The van der Waals surface area contributed by atoms with Crippen molar-refractivity contribution in [3.8, 4) is 6.07 Å². The summed E-state index contributed by atoms with van der Waals surface area (Å²) in [5.41, 5.74) is 0.632. The van der Waals surface area contributed by atoms with Gasteiger partial charge in [-0.2, -0.15) is 5.26 Å². The van der Waals surface area contributed by atoms with Crippen LogP contribution in [0.15, 0.2) is 48.5 Å². The molecular weight excluding hydrogens is 332 g/mol. The molecule has 0 N–H and O–H groups in total. The summed E-state index contributed by atoms with van der Waals surface area (Å²) in [5, 5.41) is 9.64. The van der Waals surface area contributed by atoms with Crippen molar-refractivity contribution < 1.29 is 19.2 Å². The van der Waals surface area contributed by atoms with Crippen molar-refractivity contribution in [3.05, 3.63) is 70.8 Å². The number of fused-ring (bicyclic) bond motifs is 1. The summed E-state index contributed by atoms with van der Waals surface area (Å²) >= 11 is 0. The highest BCUT2D eigenvalue weighted by Gasteiger charge is 2.50. The molecule has 128 valence electrons. The Morgan fingerprint density at radius 2 is 1.69 bits per heavy atom. The smallest absolute Gasteiger partial charge is 0.329 e. The monoisotopic (exact) mass is 346 g/mol. The molecule has 2 aliphatic rings. The molecule has 1 aliphatic carbocycles. The summed E-state index contributed by atoms with van der Waals surface area (Å²) in [6.07, 6.45) is 1.92. The van der Waals surface area contributed by atoms with Crippen molar-refractivity contribution >= 4 is 17.8 Å². The predicted octanol–water partition coefficient (Wildman–Crippen LogP) is 2.73. The summed E-state index contributed by atoms with van der Waals surface area (Å²) in [6, 6.07) is 15.2. The Morgan fingerprint density at radius 3 is 2.23 bits per heavy atom. The third-order valence-corrected chi connectivity index (χ3v) is 5.07. The van der Waals surface area contributed by atoms with Gasteiger partial charge in [0, 0.05) is 0 Å². The minimum Gasteiger partial charge on any atom is -0.329 e. The first-order chi connectivity index (χ1) is 12.6. The van der Waals surface area contributed by atoms with E-state index in [9.17, 15) is 14.4 Å². The van der Waals surface area contributed by atoms with E-state index in [1.54, 1.807) is 36.4 Å². The van der Waals surface area contributed by atoms with E-state index in [4.69, 9.17) is 10.1 Å². The molecule has 2 aromatic rings. The molecule has 2 amide bonds. The average molecular weight is 346 g/mol. The lowest BCUT2D eigenvalue weighted by Gasteiger charge is -2.39. The Hall–Kier alpha value is -3.46. The van der Waals surface area contributed by atoms with Crippen LogP contribution >= 0.6 is 0 Å². The summed E-state index contributed by atoms with van der Waals surface area (Å²) in [5.74, 6) is -1.92. The fourth-order valence-corrected chi connectivity index (χ4v) is 3.45. The Bertz CT molecular complexity index is 950. The molecule has 6 heteroatoms. The van der Waals surface area contributed by atoms with E-state index in [1.165, 1.54) is 12.1 Å². The zero-order valence-corrected chi connectivity index (χ0v) is 13.8. The zero-order chi connectivity index (χ0) is 18.3. The highest BCUT2D eigenvalue weighted by atomic mass is 16.7. The first-order valence-electron chi connectivity index (χ1n) is 8.28. The fraction of sp³-hybridized carbons (Fsp3) is 0.200. The highest BCUT2D eigenvalue weighted by Crippen LogP contribution is 2.45. The number of hydrogen-bond donors (Lipinski definition) is 0. The van der Waals surface area contributed by atoms with Gasteiger partial charge in [0.15, 0.2) is 0 Å². The van der Waals surface area contributed by atoms with E-state index < -0.39 is 23.2 Å². The van der Waals surface area contributed by atoms with Gasteiger partial charge in [0.05, 0.1) is 28.2 Å². The Labute approximate surface area is 149 Å². The van der Waals surface area contributed by atoms with Crippen LogP contribution in [0, 0.1) is 11.3 Å². The summed E-state index contributed by atoms with van der Waals surface area (Å²) in [6.45, 7) is 0. The van der Waals surface area contributed by atoms with Crippen LogP contribution in [0.4, 0.5) is 0 Å². The summed E-state index contributed by atoms with van der Waals surface area (Å²) in [4.78, 5) is 43.0. The molecule has 0 atom stereocenters. The van der Waals surface area contributed by atoms with Gasteiger partial charge in [-0.15, -0.1) is 0 Å². The second-order valence-electron chi connectivity index (χ2n) is 6.46. The molecule has 26 heavy (non-hydrogen) atoms. The van der Waals surface area contributed by atoms with E-state index in [-0.39, 0.29) is 11.1 Å². The lowest BCUT2D eigenvalue weighted by molar-refractivity contribution is -0.179. The van der Waals surface area contributed by atoms with Gasteiger partial charge >= 0.3 is 5.97 Å². The van der Waals surface area contributed by atoms with Crippen molar-refractivity contribution in [1.82, 2.24) is 5.06 Å². The maximum Gasteiger partial charge on any atom is 0.343 e. The van der Waals surface area contributed by atoms with Gasteiger partial charge in [-0.05, 0) is 42.7 Å². The SMILES string of the molecule is N#Cc1cccc(C2(C(=O)ON3C(=O)c4ccccc4C3=O)CCC2)c1. The Kier molecular flexibility index (Phi) is 3.58. The van der Waals surface area contributed by atoms with Crippen LogP contribution < -0.4 is 0 Å². The predicted molar refractivity (Wildman–Crippen MR) is 89.7 cm³/mol. The molecule has 1 heterocycles. The second-order valence-corrected chi connectivity index (χ2v) is 6.46. The van der Waals surface area contributed by atoms with Crippen molar-refractivity contribution in [3.63, 3.8) is 0 Å². The van der Waals surface area contributed by atoms with Gasteiger partial charge in [0.2, 0.25) is 0 Å². The highest BCUT2D eigenvalue weighted by molar-refractivity contribution is 6.21. The number of carbonyl (C=O) groups is 3. The number of hydroxylamine groups is 2. The number of imide groups is 1. The average Bonchev–Trinajstić information content (AvgIpc) is 2.86. The molecular formula is C20H14N2O4. The van der Waals surface area contributed by atoms with E-state index >= 15 is 0 Å². The standard InChI is InChI=1S/C20H14N2O4/c21-12-13-5-3-6-14(11-13)20(9-4-10-20)19(25)26-22-17(23)15-7-1-2-8-16(15)18(22)24/h1-3,5-8,11H,4,9-10H2. The summed E-state index contributed by atoms with van der Waals surface area (Å²) < 4.78 is 0. The first-order valence-corrected chi connectivity index (χ1v) is 8.28. The topological polar surface area (TPSA) is 87.5 Å². The van der Waals surface area contributed by atoms with Gasteiger partial charge in [-0.25, -0.2) is 4.79 Å². The largest absolute Gasteiger partial charge is 0.343 e. The lowest BCUT2D eigenvalue weighted by atomic mass is 9.64. The number of nitriles is 1. The van der Waals surface area contributed by atoms with Crippen LogP contribution in [-0.2, 0) is 15.0 Å². The maximum absolute atomic E-state index is 12.9. The first kappa shape index (κ1) is 16.0. The van der Waals surface area contributed by atoms with Crippen LogP contribution in [0.3, 0.4) is 0 Å². The third kappa shape index (κ3) is 2.21. The maximum atomic E-state index is 12.9. The normalized spacial score (nSPS) is 17.3. The van der Waals surface area contributed by atoms with Crippen molar-refractivity contribution in [2.24, 2.45) is 0 Å². The van der Waals surface area contributed by atoms with E-state index in [0.717, 1.165) is 6.42 Å².